The molecule has 5 nitrogen and oxygen atoms in total. The summed E-state index contributed by atoms with van der Waals surface area (Å²) in [4.78, 5) is 40.7. The van der Waals surface area contributed by atoms with Gasteiger partial charge in [0.05, 0.1) is 17.6 Å². The number of esters is 1. The highest BCUT2D eigenvalue weighted by atomic mass is 19.4. The van der Waals surface area contributed by atoms with Crippen LogP contribution in [0.3, 0.4) is 0 Å². The minimum atomic E-state index is -5.11. The maximum absolute atomic E-state index is 14.4. The number of benzene rings is 4. The van der Waals surface area contributed by atoms with E-state index in [9.17, 15) is 27.6 Å². The number of para-hydroxylation sites is 1. The summed E-state index contributed by atoms with van der Waals surface area (Å²) in [7, 11) is 0. The summed E-state index contributed by atoms with van der Waals surface area (Å²) < 4.78 is 48.4. The molecular formula is C37H26F3NO4. The van der Waals surface area contributed by atoms with Crippen molar-refractivity contribution in [3.63, 3.8) is 0 Å². The van der Waals surface area contributed by atoms with Gasteiger partial charge in [-0.25, -0.2) is 0 Å². The Hall–Kier alpha value is -5.42. The van der Waals surface area contributed by atoms with E-state index in [4.69, 9.17) is 4.74 Å². The molecule has 0 amide bonds. The molecule has 2 heterocycles. The monoisotopic (exact) mass is 605 g/mol. The first-order valence-electron chi connectivity index (χ1n) is 14.3. The quantitative estimate of drug-likeness (QED) is 0.109. The maximum Gasteiger partial charge on any atom is 0.454 e. The van der Waals surface area contributed by atoms with E-state index in [1.165, 1.54) is 16.7 Å². The zero-order chi connectivity index (χ0) is 31.6. The Bertz CT molecular complexity index is 1960. The van der Waals surface area contributed by atoms with E-state index in [0.717, 1.165) is 11.8 Å². The van der Waals surface area contributed by atoms with Crippen molar-refractivity contribution in [3.05, 3.63) is 143 Å². The fraction of sp³-hybridized carbons (Fsp3) is 0.162. The van der Waals surface area contributed by atoms with Gasteiger partial charge in [-0.1, -0.05) is 109 Å². The second-order valence-electron chi connectivity index (χ2n) is 10.9. The molecule has 4 aromatic carbocycles. The van der Waals surface area contributed by atoms with Crippen LogP contribution < -0.4 is 0 Å². The van der Waals surface area contributed by atoms with Crippen LogP contribution in [-0.4, -0.2) is 28.3 Å². The molecule has 1 aliphatic rings. The highest BCUT2D eigenvalue weighted by Gasteiger charge is 2.52. The lowest BCUT2D eigenvalue weighted by molar-refractivity contribution is -0.156. The maximum atomic E-state index is 14.4. The van der Waals surface area contributed by atoms with Crippen molar-refractivity contribution in [2.45, 2.75) is 31.7 Å². The number of carbonyl (C=O) groups excluding carboxylic acids is 3. The van der Waals surface area contributed by atoms with Crippen molar-refractivity contribution in [1.29, 1.82) is 0 Å². The Morgan fingerprint density at radius 1 is 0.844 bits per heavy atom. The second kappa shape index (κ2) is 11.9. The van der Waals surface area contributed by atoms with Crippen molar-refractivity contribution in [3.8, 4) is 11.8 Å². The summed E-state index contributed by atoms with van der Waals surface area (Å²) in [5.74, 6) is 2.32. The minimum Gasteiger partial charge on any atom is -0.460 e. The van der Waals surface area contributed by atoms with Crippen LogP contribution >= 0.6 is 0 Å². The van der Waals surface area contributed by atoms with Crippen LogP contribution in [0.4, 0.5) is 13.2 Å². The van der Waals surface area contributed by atoms with Crippen LogP contribution in [0.15, 0.2) is 115 Å². The van der Waals surface area contributed by atoms with Crippen molar-refractivity contribution in [2.75, 3.05) is 0 Å². The minimum absolute atomic E-state index is 0.0751. The van der Waals surface area contributed by atoms with Gasteiger partial charge >= 0.3 is 12.1 Å². The zero-order valence-electron chi connectivity index (χ0n) is 23.9. The van der Waals surface area contributed by atoms with Gasteiger partial charge in [0.2, 0.25) is 0 Å². The van der Waals surface area contributed by atoms with Crippen molar-refractivity contribution in [1.82, 2.24) is 4.57 Å². The SMILES string of the molecule is O=C(CC1c2cccc3c(C(=O)C(F)(F)F)cn(c23)CC1(C#Cc1ccccc1)C(=O)OCc1ccccc1)c1ccccc1. The average molecular weight is 606 g/mol. The third kappa shape index (κ3) is 5.77. The number of halogens is 3. The van der Waals surface area contributed by atoms with E-state index < -0.39 is 34.8 Å². The topological polar surface area (TPSA) is 65.4 Å². The van der Waals surface area contributed by atoms with Gasteiger partial charge in [0, 0.05) is 35.0 Å². The molecule has 5 aromatic rings. The number of ketones is 2. The van der Waals surface area contributed by atoms with Crippen LogP contribution in [0, 0.1) is 17.3 Å². The van der Waals surface area contributed by atoms with Crippen LogP contribution in [0.5, 0.6) is 0 Å². The molecule has 0 N–H and O–H groups in total. The molecule has 1 aliphatic heterocycles. The number of Topliss-reactive ketones (excluding diaryl/α,β-unsaturated/α-hetero) is 2. The van der Waals surface area contributed by atoms with E-state index in [0.29, 0.717) is 22.2 Å². The van der Waals surface area contributed by atoms with Gasteiger partial charge in [-0.05, 0) is 23.3 Å². The fourth-order valence-corrected chi connectivity index (χ4v) is 5.93. The van der Waals surface area contributed by atoms with Crippen molar-refractivity contribution >= 4 is 28.4 Å². The predicted octanol–water partition coefficient (Wildman–Crippen LogP) is 7.54. The lowest BCUT2D eigenvalue weighted by Gasteiger charge is -2.39. The smallest absolute Gasteiger partial charge is 0.454 e. The van der Waals surface area contributed by atoms with E-state index >= 15 is 0 Å². The molecule has 1 aromatic heterocycles. The van der Waals surface area contributed by atoms with Crippen LogP contribution in [-0.2, 0) is 22.7 Å². The van der Waals surface area contributed by atoms with Gasteiger partial charge in [0.25, 0.3) is 5.78 Å². The molecule has 0 bridgehead atoms. The molecule has 224 valence electrons. The molecule has 2 unspecified atom stereocenters. The molecule has 0 radical (unpaired) electrons. The standard InChI is InChI=1S/C37H26F3NO4/c38-37(39,40)34(43)30-22-41-24-36(20-19-25-11-4-1-5-12-25,35(44)45-23-26-13-6-2-7-14-26)31(29-18-10-17-28(30)33(29)41)21-32(42)27-15-8-3-9-16-27/h1-18,22,31H,21,23-24H2. The number of aromatic nitrogens is 1. The summed E-state index contributed by atoms with van der Waals surface area (Å²) in [5.41, 5.74) is 0.302. The number of carbonyl (C=O) groups is 3. The first kappa shape index (κ1) is 29.6. The summed E-state index contributed by atoms with van der Waals surface area (Å²) in [6, 6.07) is 31.2. The average Bonchev–Trinajstić information content (AvgIpc) is 3.43. The van der Waals surface area contributed by atoms with E-state index in [1.54, 1.807) is 72.8 Å². The molecule has 2 atom stereocenters. The number of nitrogens with zero attached hydrogens (tertiary/aromatic N) is 1. The number of hydrogen-bond donors (Lipinski definition) is 0. The molecule has 0 saturated heterocycles. The van der Waals surface area contributed by atoms with Gasteiger partial charge in [-0.15, -0.1) is 0 Å². The lowest BCUT2D eigenvalue weighted by Crippen LogP contribution is -2.44. The van der Waals surface area contributed by atoms with Gasteiger partial charge in [-0.2, -0.15) is 13.2 Å². The Labute approximate surface area is 257 Å². The predicted molar refractivity (Wildman–Crippen MR) is 162 cm³/mol. The van der Waals surface area contributed by atoms with Gasteiger partial charge in [-0.3, -0.25) is 14.4 Å². The van der Waals surface area contributed by atoms with E-state index in [-0.39, 0.29) is 30.7 Å². The summed E-state index contributed by atoms with van der Waals surface area (Å²) in [6.45, 7) is -0.305. The third-order valence-corrected chi connectivity index (χ3v) is 8.09. The molecule has 6 rings (SSSR count). The van der Waals surface area contributed by atoms with Crippen LogP contribution in [0.2, 0.25) is 0 Å². The van der Waals surface area contributed by atoms with E-state index in [2.05, 4.69) is 11.8 Å². The second-order valence-corrected chi connectivity index (χ2v) is 10.9. The Morgan fingerprint density at radius 3 is 2.16 bits per heavy atom. The summed E-state index contributed by atoms with van der Waals surface area (Å²) in [5, 5.41) is 0.0919. The van der Waals surface area contributed by atoms with E-state index in [1.807, 2.05) is 24.3 Å². The highest BCUT2D eigenvalue weighted by molar-refractivity contribution is 6.11. The zero-order valence-corrected chi connectivity index (χ0v) is 23.9. The van der Waals surface area contributed by atoms with Crippen molar-refractivity contribution < 1.29 is 32.3 Å². The number of rotatable bonds is 7. The molecule has 8 heteroatoms. The Morgan fingerprint density at radius 2 is 1.49 bits per heavy atom. The molecule has 0 aliphatic carbocycles. The molecular weight excluding hydrogens is 579 g/mol. The lowest BCUT2D eigenvalue weighted by atomic mass is 9.67. The van der Waals surface area contributed by atoms with Gasteiger partial charge in [0.1, 0.15) is 6.61 Å². The highest BCUT2D eigenvalue weighted by Crippen LogP contribution is 2.49. The number of ether oxygens (including phenoxy) is 1. The van der Waals surface area contributed by atoms with Crippen LogP contribution in [0.1, 0.15) is 49.7 Å². The third-order valence-electron chi connectivity index (χ3n) is 8.09. The summed E-state index contributed by atoms with van der Waals surface area (Å²) in [6.07, 6.45) is -4.16. The van der Waals surface area contributed by atoms with Gasteiger partial charge < -0.3 is 9.30 Å². The largest absolute Gasteiger partial charge is 0.460 e. The first-order chi connectivity index (χ1) is 21.7. The normalized spacial score (nSPS) is 17.3. The van der Waals surface area contributed by atoms with Crippen LogP contribution in [0.25, 0.3) is 10.9 Å². The van der Waals surface area contributed by atoms with Gasteiger partial charge in [0.15, 0.2) is 11.2 Å². The number of alkyl halides is 3. The fourth-order valence-electron chi connectivity index (χ4n) is 5.93. The number of hydrogen-bond acceptors (Lipinski definition) is 4. The Kier molecular flexibility index (Phi) is 7.86. The molecule has 0 spiro atoms. The van der Waals surface area contributed by atoms with Crippen molar-refractivity contribution in [2.24, 2.45) is 5.41 Å². The molecule has 0 saturated carbocycles. The first-order valence-corrected chi connectivity index (χ1v) is 14.3. The molecule has 0 fully saturated rings. The summed E-state index contributed by atoms with van der Waals surface area (Å²) >= 11 is 0. The molecule has 45 heavy (non-hydrogen) atoms. The Balaban J connectivity index is 1.55.